The first-order valence-electron chi connectivity index (χ1n) is 8.71. The van der Waals surface area contributed by atoms with Gasteiger partial charge in [0.1, 0.15) is 16.4 Å². The fourth-order valence-corrected chi connectivity index (χ4v) is 3.53. The third-order valence-corrected chi connectivity index (χ3v) is 5.59. The van der Waals surface area contributed by atoms with E-state index in [0.29, 0.717) is 12.3 Å². The first-order chi connectivity index (χ1) is 12.8. The molecule has 0 saturated carbocycles. The molecule has 0 aliphatic heterocycles. The van der Waals surface area contributed by atoms with Crippen molar-refractivity contribution in [2.75, 3.05) is 7.11 Å². The zero-order chi connectivity index (χ0) is 20.0. The highest BCUT2D eigenvalue weighted by Gasteiger charge is 2.19. The minimum absolute atomic E-state index is 0.0264. The molecular weight excluding hydrogens is 366 g/mol. The Bertz CT molecular complexity index is 878. The van der Waals surface area contributed by atoms with Gasteiger partial charge in [0.15, 0.2) is 0 Å². The molecule has 6 nitrogen and oxygen atoms in total. The number of hydrogen-bond donors (Lipinski definition) is 0. The van der Waals surface area contributed by atoms with Gasteiger partial charge in [-0.25, -0.2) is 0 Å². The molecule has 0 aliphatic carbocycles. The van der Waals surface area contributed by atoms with Crippen molar-refractivity contribution in [3.63, 3.8) is 0 Å². The lowest BCUT2D eigenvalue weighted by molar-refractivity contribution is -0.131. The van der Waals surface area contributed by atoms with Crippen LogP contribution in [0.1, 0.15) is 32.8 Å². The second-order valence-corrected chi connectivity index (χ2v) is 7.81. The molecule has 0 aliphatic rings. The Hall–Kier alpha value is -2.54. The van der Waals surface area contributed by atoms with Crippen LogP contribution in [0.15, 0.2) is 53.4 Å². The Kier molecular flexibility index (Phi) is 6.85. The first-order valence-corrected chi connectivity index (χ1v) is 10.1. The number of amides is 1. The van der Waals surface area contributed by atoms with Crippen molar-refractivity contribution in [2.45, 2.75) is 44.7 Å². The molecule has 1 atom stereocenters. The Morgan fingerprint density at radius 1 is 1.11 bits per heavy atom. The number of carbonyl (C=O) groups excluding carboxylic acids is 1. The van der Waals surface area contributed by atoms with Crippen LogP contribution in [-0.4, -0.2) is 32.4 Å². The minimum Gasteiger partial charge on any atom is -0.497 e. The zero-order valence-electron chi connectivity index (χ0n) is 16.0. The van der Waals surface area contributed by atoms with E-state index in [-0.39, 0.29) is 22.6 Å². The van der Waals surface area contributed by atoms with Crippen LogP contribution >= 0.6 is 0 Å². The van der Waals surface area contributed by atoms with Gasteiger partial charge in [-0.15, -0.1) is 0 Å². The normalized spacial score (nSPS) is 12.3. The molecule has 0 aromatic heterocycles. The first kappa shape index (κ1) is 20.8. The average Bonchev–Trinajstić information content (AvgIpc) is 2.65. The van der Waals surface area contributed by atoms with Gasteiger partial charge in [0.05, 0.1) is 7.11 Å². The smallest absolute Gasteiger partial charge is 0.339 e. The maximum atomic E-state index is 12.5. The highest BCUT2D eigenvalue weighted by Crippen LogP contribution is 2.23. The predicted molar refractivity (Wildman–Crippen MR) is 103 cm³/mol. The molecule has 146 valence electrons. The number of benzene rings is 2. The zero-order valence-corrected chi connectivity index (χ0v) is 16.8. The molecule has 7 heteroatoms. The van der Waals surface area contributed by atoms with Gasteiger partial charge in [-0.05, 0) is 55.3 Å². The van der Waals surface area contributed by atoms with Gasteiger partial charge >= 0.3 is 10.1 Å². The summed E-state index contributed by atoms with van der Waals surface area (Å²) < 4.78 is 35.2. The van der Waals surface area contributed by atoms with Crippen LogP contribution in [0.5, 0.6) is 11.5 Å². The third kappa shape index (κ3) is 5.47. The number of rotatable bonds is 8. The van der Waals surface area contributed by atoms with Gasteiger partial charge in [-0.1, -0.05) is 19.1 Å². The molecular formula is C20H25NO5S. The summed E-state index contributed by atoms with van der Waals surface area (Å²) in [5, 5.41) is 0. The van der Waals surface area contributed by atoms with Crippen molar-refractivity contribution in [3.8, 4) is 11.5 Å². The second-order valence-electron chi connectivity index (χ2n) is 6.26. The standard InChI is InChI=1S/C20H25NO5S/c1-5-15(2)21(16(3)22)14-17-7-6-8-19(13-17)26-27(23,24)20-11-9-18(25-4)10-12-20/h6-13,15H,5,14H2,1-4H3/t15-/m1/s1. The number of nitrogens with zero attached hydrogens (tertiary/aromatic N) is 1. The summed E-state index contributed by atoms with van der Waals surface area (Å²) in [7, 11) is -2.45. The average molecular weight is 391 g/mol. The lowest BCUT2D eigenvalue weighted by Gasteiger charge is -2.27. The molecule has 0 radical (unpaired) electrons. The van der Waals surface area contributed by atoms with Crippen LogP contribution in [-0.2, 0) is 21.5 Å². The third-order valence-electron chi connectivity index (χ3n) is 4.33. The summed E-state index contributed by atoms with van der Waals surface area (Å²) in [5.74, 6) is 0.739. The fourth-order valence-electron chi connectivity index (χ4n) is 2.61. The molecule has 27 heavy (non-hydrogen) atoms. The molecule has 0 spiro atoms. The van der Waals surface area contributed by atoms with E-state index in [9.17, 15) is 13.2 Å². The lowest BCUT2D eigenvalue weighted by Crippen LogP contribution is -2.36. The van der Waals surface area contributed by atoms with Crippen molar-refractivity contribution >= 4 is 16.0 Å². The highest BCUT2D eigenvalue weighted by molar-refractivity contribution is 7.87. The van der Waals surface area contributed by atoms with Crippen molar-refractivity contribution in [3.05, 3.63) is 54.1 Å². The van der Waals surface area contributed by atoms with Crippen LogP contribution < -0.4 is 8.92 Å². The van der Waals surface area contributed by atoms with Crippen LogP contribution in [0, 0.1) is 0 Å². The molecule has 1 amide bonds. The monoisotopic (exact) mass is 391 g/mol. The Morgan fingerprint density at radius 2 is 1.78 bits per heavy atom. The van der Waals surface area contributed by atoms with Crippen molar-refractivity contribution in [1.82, 2.24) is 4.90 Å². The van der Waals surface area contributed by atoms with Crippen molar-refractivity contribution < 1.29 is 22.1 Å². The van der Waals surface area contributed by atoms with Gasteiger partial charge in [0, 0.05) is 19.5 Å². The van der Waals surface area contributed by atoms with E-state index in [2.05, 4.69) is 0 Å². The van der Waals surface area contributed by atoms with Crippen molar-refractivity contribution in [1.29, 1.82) is 0 Å². The predicted octanol–water partition coefficient (Wildman–Crippen LogP) is 3.61. The summed E-state index contributed by atoms with van der Waals surface area (Å²) in [5.41, 5.74) is 0.799. The molecule has 2 aromatic rings. The Morgan fingerprint density at radius 3 is 2.33 bits per heavy atom. The van der Waals surface area contributed by atoms with Gasteiger partial charge < -0.3 is 13.8 Å². The van der Waals surface area contributed by atoms with E-state index in [4.69, 9.17) is 8.92 Å². The van der Waals surface area contributed by atoms with Gasteiger partial charge in [-0.3, -0.25) is 4.79 Å². The fraction of sp³-hybridized carbons (Fsp3) is 0.350. The summed E-state index contributed by atoms with van der Waals surface area (Å²) in [6.45, 7) is 5.92. The topological polar surface area (TPSA) is 72.9 Å². The summed E-state index contributed by atoms with van der Waals surface area (Å²) >= 11 is 0. The van der Waals surface area contributed by atoms with E-state index < -0.39 is 10.1 Å². The molecule has 0 fully saturated rings. The largest absolute Gasteiger partial charge is 0.497 e. The van der Waals surface area contributed by atoms with E-state index in [0.717, 1.165) is 12.0 Å². The quantitative estimate of drug-likeness (QED) is 0.643. The van der Waals surface area contributed by atoms with E-state index in [1.165, 1.54) is 26.2 Å². The molecule has 0 saturated heterocycles. The highest BCUT2D eigenvalue weighted by atomic mass is 32.2. The van der Waals surface area contributed by atoms with Gasteiger partial charge in [0.25, 0.3) is 0 Å². The number of ether oxygens (including phenoxy) is 1. The van der Waals surface area contributed by atoms with E-state index in [1.54, 1.807) is 35.2 Å². The van der Waals surface area contributed by atoms with Crippen LogP contribution in [0.3, 0.4) is 0 Å². The summed E-state index contributed by atoms with van der Waals surface area (Å²) in [6, 6.07) is 12.8. The molecule has 0 heterocycles. The molecule has 2 aromatic carbocycles. The van der Waals surface area contributed by atoms with Crippen molar-refractivity contribution in [2.24, 2.45) is 0 Å². The SMILES string of the molecule is CC[C@@H](C)N(Cc1cccc(OS(=O)(=O)c2ccc(OC)cc2)c1)C(C)=O. The Balaban J connectivity index is 2.20. The van der Waals surface area contributed by atoms with E-state index in [1.807, 2.05) is 19.9 Å². The van der Waals surface area contributed by atoms with Gasteiger partial charge in [-0.2, -0.15) is 8.42 Å². The maximum Gasteiger partial charge on any atom is 0.339 e. The second kappa shape index (κ2) is 8.90. The van der Waals surface area contributed by atoms with Crippen LogP contribution in [0.25, 0.3) is 0 Å². The maximum absolute atomic E-state index is 12.5. The molecule has 2 rings (SSSR count). The number of carbonyl (C=O) groups is 1. The van der Waals surface area contributed by atoms with Gasteiger partial charge in [0.2, 0.25) is 5.91 Å². The molecule has 0 bridgehead atoms. The lowest BCUT2D eigenvalue weighted by atomic mass is 10.1. The van der Waals surface area contributed by atoms with E-state index >= 15 is 0 Å². The Labute approximate surface area is 160 Å². The number of methoxy groups -OCH3 is 1. The summed E-state index contributed by atoms with van der Waals surface area (Å²) in [4.78, 5) is 13.7. The summed E-state index contributed by atoms with van der Waals surface area (Å²) in [6.07, 6.45) is 0.835. The van der Waals surface area contributed by atoms with Crippen LogP contribution in [0.4, 0.5) is 0 Å². The number of hydrogen-bond acceptors (Lipinski definition) is 5. The minimum atomic E-state index is -3.96. The van der Waals surface area contributed by atoms with Crippen LogP contribution in [0.2, 0.25) is 0 Å². The molecule has 0 unspecified atom stereocenters. The molecule has 0 N–H and O–H groups in total.